The molecule has 0 aromatic heterocycles. The number of benzene rings is 1. The lowest BCUT2D eigenvalue weighted by Gasteiger charge is -2.33. The Labute approximate surface area is 175 Å². The molecule has 0 aliphatic carbocycles. The van der Waals surface area contributed by atoms with Gasteiger partial charge in [0.1, 0.15) is 6.54 Å². The van der Waals surface area contributed by atoms with Crippen molar-refractivity contribution in [2.75, 3.05) is 26.2 Å². The summed E-state index contributed by atoms with van der Waals surface area (Å²) < 4.78 is 0. The van der Waals surface area contributed by atoms with Gasteiger partial charge in [-0.2, -0.15) is 0 Å². The van der Waals surface area contributed by atoms with Crippen molar-refractivity contribution in [1.29, 1.82) is 0 Å². The van der Waals surface area contributed by atoms with E-state index in [1.165, 1.54) is 9.80 Å². The SMILES string of the molecule is C=CCN1C(=O)N[C@@H](c2ccccc2Cl)C2=C1CN(CC(=O)NCC(C)C)C2=O. The molecule has 2 aliphatic heterocycles. The van der Waals surface area contributed by atoms with Crippen LogP contribution in [0.15, 0.2) is 48.2 Å². The van der Waals surface area contributed by atoms with Crippen LogP contribution >= 0.6 is 11.6 Å². The van der Waals surface area contributed by atoms with Gasteiger partial charge < -0.3 is 15.5 Å². The number of hydrogen-bond acceptors (Lipinski definition) is 3. The van der Waals surface area contributed by atoms with E-state index in [2.05, 4.69) is 17.2 Å². The molecule has 0 saturated heterocycles. The van der Waals surface area contributed by atoms with Gasteiger partial charge in [-0.3, -0.25) is 14.5 Å². The number of carbonyl (C=O) groups excluding carboxylic acids is 3. The lowest BCUT2D eigenvalue weighted by molar-refractivity contribution is -0.132. The number of urea groups is 1. The average Bonchev–Trinajstić information content (AvgIpc) is 2.99. The van der Waals surface area contributed by atoms with Gasteiger partial charge in [-0.15, -0.1) is 6.58 Å². The monoisotopic (exact) mass is 416 g/mol. The first kappa shape index (κ1) is 20.9. The third-order valence-electron chi connectivity index (χ3n) is 4.87. The summed E-state index contributed by atoms with van der Waals surface area (Å²) in [6, 6.07) is 6.11. The van der Waals surface area contributed by atoms with Gasteiger partial charge >= 0.3 is 6.03 Å². The standard InChI is InChI=1S/C21H25ClN4O3/c1-4-9-26-16-11-25(12-17(27)23-10-13(2)3)20(28)18(16)19(24-21(26)29)14-7-5-6-8-15(14)22/h4-8,13,19H,1,9-12H2,2-3H3,(H,23,27)(H,24,29)/t19-/m0/s1. The number of rotatable bonds is 7. The summed E-state index contributed by atoms with van der Waals surface area (Å²) in [6.07, 6.45) is 1.60. The number of amides is 4. The van der Waals surface area contributed by atoms with Crippen LogP contribution in [0.1, 0.15) is 25.5 Å². The van der Waals surface area contributed by atoms with E-state index in [0.717, 1.165) is 0 Å². The molecular formula is C21H25ClN4O3. The van der Waals surface area contributed by atoms with Gasteiger partial charge in [-0.25, -0.2) is 4.79 Å². The number of halogens is 1. The molecule has 1 aromatic carbocycles. The quantitative estimate of drug-likeness (QED) is 0.670. The fourth-order valence-corrected chi connectivity index (χ4v) is 3.73. The number of carbonyl (C=O) groups is 3. The maximum absolute atomic E-state index is 13.2. The zero-order valence-electron chi connectivity index (χ0n) is 16.6. The second-order valence-electron chi connectivity index (χ2n) is 7.52. The van der Waals surface area contributed by atoms with Gasteiger partial charge in [-0.05, 0) is 17.5 Å². The van der Waals surface area contributed by atoms with Crippen molar-refractivity contribution < 1.29 is 14.4 Å². The minimum absolute atomic E-state index is 0.0656. The molecule has 0 fully saturated rings. The van der Waals surface area contributed by atoms with Crippen LogP contribution in [0.4, 0.5) is 4.79 Å². The van der Waals surface area contributed by atoms with Gasteiger partial charge in [0.15, 0.2) is 0 Å². The molecule has 1 atom stereocenters. The second kappa shape index (κ2) is 8.69. The van der Waals surface area contributed by atoms with E-state index < -0.39 is 6.04 Å². The first-order valence-corrected chi connectivity index (χ1v) is 9.93. The highest BCUT2D eigenvalue weighted by Gasteiger charge is 2.44. The van der Waals surface area contributed by atoms with Gasteiger partial charge in [-0.1, -0.05) is 49.7 Å². The number of nitrogens with zero attached hydrogens (tertiary/aromatic N) is 2. The molecule has 0 bridgehead atoms. The molecule has 2 aliphatic rings. The lowest BCUT2D eigenvalue weighted by atomic mass is 9.95. The van der Waals surface area contributed by atoms with E-state index in [1.54, 1.807) is 30.3 Å². The van der Waals surface area contributed by atoms with E-state index in [1.807, 2.05) is 13.8 Å². The molecule has 0 spiro atoms. The zero-order chi connectivity index (χ0) is 21.1. The molecule has 7 nitrogen and oxygen atoms in total. The Bertz CT molecular complexity index is 880. The third-order valence-corrected chi connectivity index (χ3v) is 5.21. The average molecular weight is 417 g/mol. The van der Waals surface area contributed by atoms with Crippen molar-refractivity contribution in [1.82, 2.24) is 20.4 Å². The predicted molar refractivity (Wildman–Crippen MR) is 111 cm³/mol. The van der Waals surface area contributed by atoms with E-state index in [9.17, 15) is 14.4 Å². The summed E-state index contributed by atoms with van der Waals surface area (Å²) in [5.41, 5.74) is 1.67. The normalized spacial score (nSPS) is 18.8. The topological polar surface area (TPSA) is 81.8 Å². The molecule has 8 heteroatoms. The van der Waals surface area contributed by atoms with Gasteiger partial charge in [0.25, 0.3) is 5.91 Å². The smallest absolute Gasteiger partial charge is 0.322 e. The van der Waals surface area contributed by atoms with Crippen LogP contribution in [0.25, 0.3) is 0 Å². The summed E-state index contributed by atoms with van der Waals surface area (Å²) in [5, 5.41) is 6.16. The van der Waals surface area contributed by atoms with Gasteiger partial charge in [0, 0.05) is 18.1 Å². The van der Waals surface area contributed by atoms with Crippen molar-refractivity contribution in [3.63, 3.8) is 0 Å². The molecule has 154 valence electrons. The molecule has 29 heavy (non-hydrogen) atoms. The molecule has 2 N–H and O–H groups in total. The first-order valence-electron chi connectivity index (χ1n) is 9.55. The van der Waals surface area contributed by atoms with Crippen molar-refractivity contribution in [2.24, 2.45) is 5.92 Å². The minimum atomic E-state index is -0.663. The van der Waals surface area contributed by atoms with E-state index in [0.29, 0.717) is 34.3 Å². The van der Waals surface area contributed by atoms with Crippen molar-refractivity contribution >= 4 is 29.4 Å². The van der Waals surface area contributed by atoms with E-state index >= 15 is 0 Å². The molecule has 0 radical (unpaired) electrons. The van der Waals surface area contributed by atoms with Gasteiger partial charge in [0.2, 0.25) is 5.91 Å². The molecule has 2 heterocycles. The van der Waals surface area contributed by atoms with Crippen LogP contribution in [0.5, 0.6) is 0 Å². The van der Waals surface area contributed by atoms with Crippen LogP contribution in [0.3, 0.4) is 0 Å². The Hall–Kier alpha value is -2.80. The van der Waals surface area contributed by atoms with E-state index in [4.69, 9.17) is 11.6 Å². The highest BCUT2D eigenvalue weighted by Crippen LogP contribution is 2.38. The van der Waals surface area contributed by atoms with Crippen LogP contribution in [-0.2, 0) is 9.59 Å². The third kappa shape index (κ3) is 4.29. The molecule has 0 saturated carbocycles. The van der Waals surface area contributed by atoms with Crippen LogP contribution in [0, 0.1) is 5.92 Å². The fraction of sp³-hybridized carbons (Fsp3) is 0.381. The summed E-state index contributed by atoms with van der Waals surface area (Å²) >= 11 is 6.34. The lowest BCUT2D eigenvalue weighted by Crippen LogP contribution is -2.47. The summed E-state index contributed by atoms with van der Waals surface area (Å²) in [7, 11) is 0. The highest BCUT2D eigenvalue weighted by molar-refractivity contribution is 6.31. The largest absolute Gasteiger partial charge is 0.354 e. The number of nitrogens with one attached hydrogen (secondary N) is 2. The van der Waals surface area contributed by atoms with Gasteiger partial charge in [0.05, 0.1) is 23.9 Å². The van der Waals surface area contributed by atoms with E-state index in [-0.39, 0.29) is 37.5 Å². The Morgan fingerprint density at radius 3 is 2.76 bits per heavy atom. The maximum Gasteiger partial charge on any atom is 0.322 e. The van der Waals surface area contributed by atoms with Crippen LogP contribution in [0.2, 0.25) is 5.02 Å². The van der Waals surface area contributed by atoms with Crippen molar-refractivity contribution in [2.45, 2.75) is 19.9 Å². The van der Waals surface area contributed by atoms with Crippen LogP contribution < -0.4 is 10.6 Å². The Morgan fingerprint density at radius 1 is 1.38 bits per heavy atom. The minimum Gasteiger partial charge on any atom is -0.354 e. The zero-order valence-corrected chi connectivity index (χ0v) is 17.3. The predicted octanol–water partition coefficient (Wildman–Crippen LogP) is 2.46. The second-order valence-corrected chi connectivity index (χ2v) is 7.93. The molecular weight excluding hydrogens is 392 g/mol. The first-order chi connectivity index (χ1) is 13.8. The summed E-state index contributed by atoms with van der Waals surface area (Å²) in [4.78, 5) is 41.1. The maximum atomic E-state index is 13.2. The summed E-state index contributed by atoms with van der Waals surface area (Å²) in [5.74, 6) is -0.191. The molecule has 1 aromatic rings. The summed E-state index contributed by atoms with van der Waals surface area (Å²) in [6.45, 7) is 8.62. The Kier molecular flexibility index (Phi) is 6.27. The molecule has 0 unspecified atom stereocenters. The Balaban J connectivity index is 1.91. The highest BCUT2D eigenvalue weighted by atomic mass is 35.5. The number of hydrogen-bond donors (Lipinski definition) is 2. The van der Waals surface area contributed by atoms with Crippen molar-refractivity contribution in [3.8, 4) is 0 Å². The molecule has 4 amide bonds. The Morgan fingerprint density at radius 2 is 2.10 bits per heavy atom. The van der Waals surface area contributed by atoms with Crippen LogP contribution in [-0.4, -0.2) is 53.8 Å². The molecule has 3 rings (SSSR count). The van der Waals surface area contributed by atoms with Crippen molar-refractivity contribution in [3.05, 3.63) is 58.8 Å². The fourth-order valence-electron chi connectivity index (χ4n) is 3.49.